The molecule has 1 aliphatic rings. The smallest absolute Gasteiger partial charge is 0.266 e. The number of amides is 1. The molecular formula is C18H20NO4S2-. The second-order valence-corrected chi connectivity index (χ2v) is 7.19. The van der Waals surface area contributed by atoms with Gasteiger partial charge in [0.05, 0.1) is 11.5 Å². The Labute approximate surface area is 157 Å². The second kappa shape index (κ2) is 9.58. The predicted octanol–water partition coefficient (Wildman–Crippen LogP) is 2.60. The molecule has 0 N–H and O–H groups in total. The van der Waals surface area contributed by atoms with Crippen LogP contribution in [0, 0.1) is 0 Å². The van der Waals surface area contributed by atoms with E-state index in [1.807, 2.05) is 37.3 Å². The third kappa shape index (κ3) is 5.86. The van der Waals surface area contributed by atoms with Crippen molar-refractivity contribution in [2.75, 3.05) is 13.2 Å². The standard InChI is InChI=1S/C18H21NO4S2/c1-2-23-14-9-7-13(8-10-14)12-15-17(22)19(18(24)25-15)11-5-3-4-6-16(20)21/h7-10,12H,2-6,11H2,1H3,(H,20,21)/p-1/b15-12+. The number of carboxylic acid groups (broad SMARTS) is 1. The van der Waals surface area contributed by atoms with E-state index in [0.717, 1.165) is 24.2 Å². The number of thioether (sulfide) groups is 1. The SMILES string of the molecule is CCOc1ccc(/C=C2/SC(=S)N(CCCCCC(=O)[O-])C2=O)cc1. The molecule has 1 aromatic rings. The molecule has 1 amide bonds. The van der Waals surface area contributed by atoms with Gasteiger partial charge in [0.2, 0.25) is 0 Å². The van der Waals surface area contributed by atoms with Gasteiger partial charge in [0.15, 0.2) is 0 Å². The van der Waals surface area contributed by atoms with Crippen LogP contribution in [0.2, 0.25) is 0 Å². The average molecular weight is 378 g/mol. The minimum Gasteiger partial charge on any atom is -0.550 e. The Morgan fingerprint density at radius 2 is 2.00 bits per heavy atom. The highest BCUT2D eigenvalue weighted by Crippen LogP contribution is 2.33. The van der Waals surface area contributed by atoms with Crippen molar-refractivity contribution in [2.24, 2.45) is 0 Å². The summed E-state index contributed by atoms with van der Waals surface area (Å²) in [6.45, 7) is 3.05. The number of rotatable bonds is 9. The Morgan fingerprint density at radius 1 is 1.28 bits per heavy atom. The Morgan fingerprint density at radius 3 is 2.64 bits per heavy atom. The number of nitrogens with zero attached hydrogens (tertiary/aromatic N) is 1. The monoisotopic (exact) mass is 378 g/mol. The van der Waals surface area contributed by atoms with Gasteiger partial charge >= 0.3 is 0 Å². The van der Waals surface area contributed by atoms with Gasteiger partial charge in [-0.1, -0.05) is 42.5 Å². The number of aliphatic carboxylic acids is 1. The molecular weight excluding hydrogens is 358 g/mol. The summed E-state index contributed by atoms with van der Waals surface area (Å²) in [5.74, 6) is -0.337. The fraction of sp³-hybridized carbons (Fsp3) is 0.389. The Kier molecular flexibility index (Phi) is 7.46. The van der Waals surface area contributed by atoms with Gasteiger partial charge in [0, 0.05) is 12.5 Å². The normalized spacial score (nSPS) is 15.9. The van der Waals surface area contributed by atoms with E-state index in [9.17, 15) is 14.7 Å². The predicted molar refractivity (Wildman–Crippen MR) is 101 cm³/mol. The van der Waals surface area contributed by atoms with E-state index in [0.29, 0.717) is 28.8 Å². The number of unbranched alkanes of at least 4 members (excludes halogenated alkanes) is 2. The molecule has 0 spiro atoms. The van der Waals surface area contributed by atoms with Gasteiger partial charge in [0.1, 0.15) is 10.1 Å². The summed E-state index contributed by atoms with van der Waals surface area (Å²) in [5, 5.41) is 10.4. The largest absolute Gasteiger partial charge is 0.550 e. The van der Waals surface area contributed by atoms with Crippen LogP contribution < -0.4 is 9.84 Å². The van der Waals surface area contributed by atoms with Crippen LogP contribution in [0.1, 0.15) is 38.2 Å². The van der Waals surface area contributed by atoms with Crippen molar-refractivity contribution in [1.82, 2.24) is 4.90 Å². The van der Waals surface area contributed by atoms with Crippen molar-refractivity contribution in [2.45, 2.75) is 32.6 Å². The van der Waals surface area contributed by atoms with E-state index in [-0.39, 0.29) is 12.3 Å². The topological polar surface area (TPSA) is 69.7 Å². The van der Waals surface area contributed by atoms with E-state index in [2.05, 4.69) is 0 Å². The van der Waals surface area contributed by atoms with Gasteiger partial charge < -0.3 is 14.6 Å². The summed E-state index contributed by atoms with van der Waals surface area (Å²) in [4.78, 5) is 25.0. The van der Waals surface area contributed by atoms with Gasteiger partial charge in [-0.15, -0.1) is 0 Å². The van der Waals surface area contributed by atoms with Crippen LogP contribution in [-0.4, -0.2) is 34.2 Å². The average Bonchev–Trinajstić information content (AvgIpc) is 2.83. The molecule has 0 unspecified atom stereocenters. The van der Waals surface area contributed by atoms with Gasteiger partial charge in [0.25, 0.3) is 5.91 Å². The summed E-state index contributed by atoms with van der Waals surface area (Å²) in [6, 6.07) is 7.54. The summed E-state index contributed by atoms with van der Waals surface area (Å²) in [7, 11) is 0. The molecule has 1 saturated heterocycles. The van der Waals surface area contributed by atoms with Gasteiger partial charge in [-0.3, -0.25) is 9.69 Å². The number of ether oxygens (including phenoxy) is 1. The molecule has 0 atom stereocenters. The third-order valence-corrected chi connectivity index (χ3v) is 5.00. The second-order valence-electron chi connectivity index (χ2n) is 5.52. The molecule has 1 heterocycles. The van der Waals surface area contributed by atoms with Gasteiger partial charge in [-0.25, -0.2) is 0 Å². The van der Waals surface area contributed by atoms with Crippen molar-refractivity contribution in [3.8, 4) is 5.75 Å². The lowest BCUT2D eigenvalue weighted by Gasteiger charge is -2.14. The van der Waals surface area contributed by atoms with Gasteiger partial charge in [-0.05, 0) is 50.0 Å². The van der Waals surface area contributed by atoms with E-state index >= 15 is 0 Å². The molecule has 2 rings (SSSR count). The third-order valence-electron chi connectivity index (χ3n) is 3.63. The number of hydrogen-bond donors (Lipinski definition) is 0. The first kappa shape index (κ1) is 19.5. The van der Waals surface area contributed by atoms with Crippen LogP contribution in [-0.2, 0) is 9.59 Å². The maximum Gasteiger partial charge on any atom is 0.266 e. The van der Waals surface area contributed by atoms with Crippen molar-refractivity contribution in [3.63, 3.8) is 0 Å². The van der Waals surface area contributed by atoms with Crippen LogP contribution in [0.15, 0.2) is 29.2 Å². The first-order chi connectivity index (χ1) is 12.0. The summed E-state index contributed by atoms with van der Waals surface area (Å²) >= 11 is 6.58. The summed E-state index contributed by atoms with van der Waals surface area (Å²) in [5.41, 5.74) is 0.915. The number of carbonyl (C=O) groups is 2. The van der Waals surface area contributed by atoms with Crippen LogP contribution in [0.5, 0.6) is 5.75 Å². The highest BCUT2D eigenvalue weighted by molar-refractivity contribution is 8.26. The molecule has 0 bridgehead atoms. The van der Waals surface area contributed by atoms with Gasteiger partial charge in [-0.2, -0.15) is 0 Å². The minimum atomic E-state index is -1.04. The number of carbonyl (C=O) groups excluding carboxylic acids is 2. The maximum atomic E-state index is 12.5. The first-order valence-corrected chi connectivity index (χ1v) is 9.42. The number of benzene rings is 1. The van der Waals surface area contributed by atoms with Crippen molar-refractivity contribution >= 4 is 46.3 Å². The Bertz CT molecular complexity index is 670. The summed E-state index contributed by atoms with van der Waals surface area (Å²) < 4.78 is 5.95. The lowest BCUT2D eigenvalue weighted by atomic mass is 10.2. The van der Waals surface area contributed by atoms with Crippen LogP contribution in [0.25, 0.3) is 6.08 Å². The quantitative estimate of drug-likeness (QED) is 0.374. The van der Waals surface area contributed by atoms with Crippen molar-refractivity contribution < 1.29 is 19.4 Å². The first-order valence-electron chi connectivity index (χ1n) is 8.19. The van der Waals surface area contributed by atoms with Crippen molar-refractivity contribution in [3.05, 3.63) is 34.7 Å². The molecule has 0 aromatic heterocycles. The molecule has 0 radical (unpaired) electrons. The van der Waals surface area contributed by atoms with E-state index < -0.39 is 5.97 Å². The Balaban J connectivity index is 1.91. The molecule has 1 aromatic carbocycles. The fourth-order valence-corrected chi connectivity index (χ4v) is 3.70. The molecule has 7 heteroatoms. The Hall–Kier alpha value is -1.86. The van der Waals surface area contributed by atoms with Crippen LogP contribution in [0.4, 0.5) is 0 Å². The number of thiocarbonyl (C=S) groups is 1. The lowest BCUT2D eigenvalue weighted by Crippen LogP contribution is -2.29. The van der Waals surface area contributed by atoms with Crippen LogP contribution in [0.3, 0.4) is 0 Å². The van der Waals surface area contributed by atoms with E-state index in [1.54, 1.807) is 4.90 Å². The molecule has 0 aliphatic carbocycles. The zero-order chi connectivity index (χ0) is 18.2. The van der Waals surface area contributed by atoms with E-state index in [4.69, 9.17) is 17.0 Å². The summed E-state index contributed by atoms with van der Waals surface area (Å²) in [6.07, 6.45) is 3.87. The minimum absolute atomic E-state index is 0.0516. The zero-order valence-electron chi connectivity index (χ0n) is 14.0. The molecule has 134 valence electrons. The zero-order valence-corrected chi connectivity index (χ0v) is 15.7. The fourth-order valence-electron chi connectivity index (χ4n) is 2.39. The molecule has 1 fully saturated rings. The van der Waals surface area contributed by atoms with Crippen LogP contribution >= 0.6 is 24.0 Å². The van der Waals surface area contributed by atoms with Crippen molar-refractivity contribution in [1.29, 1.82) is 0 Å². The molecule has 5 nitrogen and oxygen atoms in total. The highest BCUT2D eigenvalue weighted by atomic mass is 32.2. The molecule has 1 aliphatic heterocycles. The molecule has 0 saturated carbocycles. The van der Waals surface area contributed by atoms with E-state index in [1.165, 1.54) is 11.8 Å². The highest BCUT2D eigenvalue weighted by Gasteiger charge is 2.31. The number of hydrogen-bond acceptors (Lipinski definition) is 6. The lowest BCUT2D eigenvalue weighted by molar-refractivity contribution is -0.305. The molecule has 25 heavy (non-hydrogen) atoms. The number of carboxylic acids is 1. The maximum absolute atomic E-state index is 12.5.